The minimum absolute atomic E-state index is 0.198. The van der Waals surface area contributed by atoms with E-state index in [0.29, 0.717) is 11.3 Å². The van der Waals surface area contributed by atoms with Gasteiger partial charge in [-0.25, -0.2) is 9.69 Å². The van der Waals surface area contributed by atoms with Crippen LogP contribution in [-0.4, -0.2) is 24.4 Å². The van der Waals surface area contributed by atoms with Gasteiger partial charge < -0.3 is 4.74 Å². The Morgan fingerprint density at radius 1 is 1.00 bits per heavy atom. The largest absolute Gasteiger partial charge is 0.462 e. The second kappa shape index (κ2) is 6.26. The van der Waals surface area contributed by atoms with E-state index in [9.17, 15) is 14.4 Å². The van der Waals surface area contributed by atoms with Crippen LogP contribution in [0.2, 0.25) is 10.0 Å². The van der Waals surface area contributed by atoms with Crippen LogP contribution in [0.3, 0.4) is 0 Å². The zero-order valence-corrected chi connectivity index (χ0v) is 14.0. The maximum Gasteiger partial charge on any atom is 0.338 e. The molecular formula is C17H11Cl2NO4. The summed E-state index contributed by atoms with van der Waals surface area (Å²) in [7, 11) is 0. The van der Waals surface area contributed by atoms with E-state index in [4.69, 9.17) is 27.9 Å². The molecule has 0 bridgehead atoms. The molecule has 5 nitrogen and oxygen atoms in total. The average Bonchev–Trinajstić information content (AvgIpc) is 2.79. The third kappa shape index (κ3) is 2.66. The quantitative estimate of drug-likeness (QED) is 0.611. The molecule has 0 spiro atoms. The van der Waals surface area contributed by atoms with Crippen molar-refractivity contribution in [2.75, 3.05) is 11.5 Å². The molecule has 3 rings (SSSR count). The first kappa shape index (κ1) is 16.5. The van der Waals surface area contributed by atoms with Crippen LogP contribution < -0.4 is 4.90 Å². The minimum Gasteiger partial charge on any atom is -0.462 e. The van der Waals surface area contributed by atoms with Crippen molar-refractivity contribution < 1.29 is 19.1 Å². The number of carbonyl (C=O) groups is 3. The highest BCUT2D eigenvalue weighted by atomic mass is 35.5. The lowest BCUT2D eigenvalue weighted by Gasteiger charge is -2.14. The van der Waals surface area contributed by atoms with Gasteiger partial charge in [-0.15, -0.1) is 0 Å². The Kier molecular flexibility index (Phi) is 4.30. The Balaban J connectivity index is 1.95. The van der Waals surface area contributed by atoms with Gasteiger partial charge in [0.05, 0.1) is 39.0 Å². The maximum atomic E-state index is 12.5. The lowest BCUT2D eigenvalue weighted by atomic mass is 10.1. The van der Waals surface area contributed by atoms with E-state index >= 15 is 0 Å². The van der Waals surface area contributed by atoms with Crippen molar-refractivity contribution in [1.82, 2.24) is 0 Å². The van der Waals surface area contributed by atoms with Crippen LogP contribution in [0.4, 0.5) is 5.69 Å². The highest BCUT2D eigenvalue weighted by Gasteiger charge is 2.37. The fourth-order valence-electron chi connectivity index (χ4n) is 2.43. The summed E-state index contributed by atoms with van der Waals surface area (Å²) in [6.45, 7) is 1.97. The van der Waals surface area contributed by atoms with Crippen LogP contribution in [0.5, 0.6) is 0 Å². The number of carbonyl (C=O) groups excluding carboxylic acids is 3. The number of ether oxygens (including phenoxy) is 1. The first-order valence-electron chi connectivity index (χ1n) is 7.09. The Bertz CT molecular complexity index is 821. The molecule has 2 aromatic rings. The lowest BCUT2D eigenvalue weighted by Crippen LogP contribution is -2.29. The number of hydrogen-bond donors (Lipinski definition) is 0. The number of rotatable bonds is 3. The molecule has 0 saturated carbocycles. The minimum atomic E-state index is -0.488. The summed E-state index contributed by atoms with van der Waals surface area (Å²) in [6.07, 6.45) is 0. The van der Waals surface area contributed by atoms with E-state index in [1.165, 1.54) is 36.4 Å². The van der Waals surface area contributed by atoms with Gasteiger partial charge in [0.2, 0.25) is 0 Å². The molecule has 0 atom stereocenters. The lowest BCUT2D eigenvalue weighted by molar-refractivity contribution is 0.0526. The third-order valence-corrected chi connectivity index (χ3v) is 4.29. The predicted octanol–water partition coefficient (Wildman–Crippen LogP) is 3.97. The molecule has 0 aliphatic carbocycles. The van der Waals surface area contributed by atoms with Gasteiger partial charge in [-0.05, 0) is 43.3 Å². The standard InChI is InChI=1S/C17H11Cl2NO4/c1-2-24-17(23)9-3-5-10(6-4-9)20-15(21)11-7-13(18)14(19)8-12(11)16(20)22/h3-8H,2H2,1H3. The Morgan fingerprint density at radius 3 is 1.96 bits per heavy atom. The number of nitrogens with zero attached hydrogens (tertiary/aromatic N) is 1. The summed E-state index contributed by atoms with van der Waals surface area (Å²) in [4.78, 5) is 37.7. The van der Waals surface area contributed by atoms with Crippen molar-refractivity contribution in [1.29, 1.82) is 0 Å². The summed E-state index contributed by atoms with van der Waals surface area (Å²) in [5, 5.41) is 0.409. The molecule has 1 heterocycles. The monoisotopic (exact) mass is 363 g/mol. The zero-order chi connectivity index (χ0) is 17.4. The number of anilines is 1. The van der Waals surface area contributed by atoms with Crippen molar-refractivity contribution in [2.45, 2.75) is 6.92 Å². The summed E-state index contributed by atoms with van der Waals surface area (Å²) in [5.74, 6) is -1.44. The molecule has 0 unspecified atom stereocenters. The van der Waals surface area contributed by atoms with E-state index in [0.717, 1.165) is 4.90 Å². The normalized spacial score (nSPS) is 13.2. The van der Waals surface area contributed by atoms with E-state index in [-0.39, 0.29) is 27.8 Å². The summed E-state index contributed by atoms with van der Waals surface area (Å²) in [5.41, 5.74) is 1.08. The fraction of sp³-hybridized carbons (Fsp3) is 0.118. The van der Waals surface area contributed by atoms with Crippen molar-refractivity contribution >= 4 is 46.7 Å². The first-order valence-corrected chi connectivity index (χ1v) is 7.84. The van der Waals surface area contributed by atoms with Crippen LogP contribution in [0, 0.1) is 0 Å². The van der Waals surface area contributed by atoms with Crippen LogP contribution in [0.15, 0.2) is 36.4 Å². The van der Waals surface area contributed by atoms with E-state index < -0.39 is 17.8 Å². The third-order valence-electron chi connectivity index (χ3n) is 3.56. The molecule has 7 heteroatoms. The van der Waals surface area contributed by atoms with Crippen molar-refractivity contribution in [3.8, 4) is 0 Å². The van der Waals surface area contributed by atoms with Crippen molar-refractivity contribution in [3.63, 3.8) is 0 Å². The zero-order valence-electron chi connectivity index (χ0n) is 12.5. The van der Waals surface area contributed by atoms with Gasteiger partial charge in [-0.1, -0.05) is 23.2 Å². The van der Waals surface area contributed by atoms with E-state index in [1.807, 2.05) is 0 Å². The molecule has 0 radical (unpaired) electrons. The molecule has 1 aliphatic rings. The van der Waals surface area contributed by atoms with Crippen LogP contribution in [-0.2, 0) is 4.74 Å². The van der Waals surface area contributed by atoms with Gasteiger partial charge in [0, 0.05) is 0 Å². The van der Waals surface area contributed by atoms with Crippen LogP contribution >= 0.6 is 23.2 Å². The van der Waals surface area contributed by atoms with Crippen molar-refractivity contribution in [2.24, 2.45) is 0 Å². The van der Waals surface area contributed by atoms with Gasteiger partial charge in [0.25, 0.3) is 11.8 Å². The number of halogens is 2. The first-order chi connectivity index (χ1) is 11.4. The molecule has 0 fully saturated rings. The molecule has 1 aliphatic heterocycles. The molecule has 2 aromatic carbocycles. The van der Waals surface area contributed by atoms with Gasteiger partial charge in [0.1, 0.15) is 0 Å². The smallest absolute Gasteiger partial charge is 0.338 e. The second-order valence-electron chi connectivity index (χ2n) is 5.02. The van der Waals surface area contributed by atoms with E-state index in [1.54, 1.807) is 6.92 Å². The average molecular weight is 364 g/mol. The second-order valence-corrected chi connectivity index (χ2v) is 5.84. The van der Waals surface area contributed by atoms with E-state index in [2.05, 4.69) is 0 Å². The van der Waals surface area contributed by atoms with Crippen LogP contribution in [0.25, 0.3) is 0 Å². The molecule has 2 amide bonds. The molecule has 24 heavy (non-hydrogen) atoms. The maximum absolute atomic E-state index is 12.5. The number of hydrogen-bond acceptors (Lipinski definition) is 4. The summed E-state index contributed by atoms with van der Waals surface area (Å²) >= 11 is 11.8. The Morgan fingerprint density at radius 2 is 1.50 bits per heavy atom. The summed E-state index contributed by atoms with van der Waals surface area (Å²) in [6, 6.07) is 8.78. The molecule has 0 aromatic heterocycles. The molecule has 0 N–H and O–H groups in total. The number of amides is 2. The van der Waals surface area contributed by atoms with Gasteiger partial charge in [-0.2, -0.15) is 0 Å². The Hall–Kier alpha value is -2.37. The molecular weight excluding hydrogens is 353 g/mol. The highest BCUT2D eigenvalue weighted by Crippen LogP contribution is 2.34. The number of esters is 1. The Labute approximate surface area is 147 Å². The topological polar surface area (TPSA) is 63.7 Å². The van der Waals surface area contributed by atoms with Gasteiger partial charge in [-0.3, -0.25) is 9.59 Å². The number of imide groups is 1. The SMILES string of the molecule is CCOC(=O)c1ccc(N2C(=O)c3cc(Cl)c(Cl)cc3C2=O)cc1. The fourth-order valence-corrected chi connectivity index (χ4v) is 2.76. The molecule has 122 valence electrons. The summed E-state index contributed by atoms with van der Waals surface area (Å²) < 4.78 is 4.90. The number of fused-ring (bicyclic) bond motifs is 1. The van der Waals surface area contributed by atoms with Crippen LogP contribution in [0.1, 0.15) is 38.0 Å². The number of benzene rings is 2. The van der Waals surface area contributed by atoms with Gasteiger partial charge in [0.15, 0.2) is 0 Å². The predicted molar refractivity (Wildman–Crippen MR) is 90.0 cm³/mol. The van der Waals surface area contributed by atoms with Gasteiger partial charge >= 0.3 is 5.97 Å². The molecule has 0 saturated heterocycles. The highest BCUT2D eigenvalue weighted by molar-refractivity contribution is 6.44. The van der Waals surface area contributed by atoms with Crippen molar-refractivity contribution in [3.05, 3.63) is 63.1 Å².